The van der Waals surface area contributed by atoms with E-state index in [-0.39, 0.29) is 30.3 Å². The number of aliphatic hydroxyl groups is 2. The Morgan fingerprint density at radius 3 is 2.57 bits per heavy atom. The van der Waals surface area contributed by atoms with Gasteiger partial charge in [0, 0.05) is 61.7 Å². The first-order chi connectivity index (χ1) is 21.1. The van der Waals surface area contributed by atoms with E-state index >= 15 is 0 Å². The van der Waals surface area contributed by atoms with Crippen molar-refractivity contribution in [2.24, 2.45) is 5.92 Å². The Morgan fingerprint density at radius 2 is 1.84 bits per heavy atom. The molecule has 1 aliphatic carbocycles. The Bertz CT molecular complexity index is 1380. The molecule has 2 aliphatic rings. The Labute approximate surface area is 264 Å². The van der Waals surface area contributed by atoms with Gasteiger partial charge in [-0.3, -0.25) is 24.4 Å². The van der Waals surface area contributed by atoms with Crippen LogP contribution in [0.3, 0.4) is 0 Å². The van der Waals surface area contributed by atoms with Crippen molar-refractivity contribution in [3.8, 4) is 0 Å². The van der Waals surface area contributed by atoms with Crippen molar-refractivity contribution in [2.75, 3.05) is 26.2 Å². The van der Waals surface area contributed by atoms with Crippen LogP contribution in [0.25, 0.3) is 0 Å². The number of hydrogen-bond acceptors (Lipinski definition) is 8. The van der Waals surface area contributed by atoms with Crippen molar-refractivity contribution in [3.05, 3.63) is 87.9 Å². The van der Waals surface area contributed by atoms with Gasteiger partial charge in [0.05, 0.1) is 23.8 Å². The van der Waals surface area contributed by atoms with Crippen LogP contribution in [0.5, 0.6) is 0 Å². The quantitative estimate of drug-likeness (QED) is 0.261. The molecule has 44 heavy (non-hydrogen) atoms. The number of β-amino-alcohol motifs (C(OH)–C–C–N with tert-alkyl or cyclic N) is 1. The number of carbonyl (C=O) groups is 2. The molecule has 3 aromatic rings. The number of nitrogens with one attached hydrogen (secondary N) is 2. The summed E-state index contributed by atoms with van der Waals surface area (Å²) in [7, 11) is 0. The fraction of sp³-hybridized carbons (Fsp3) is 0.500. The van der Waals surface area contributed by atoms with Crippen LogP contribution in [0.4, 0.5) is 0 Å². The summed E-state index contributed by atoms with van der Waals surface area (Å²) < 4.78 is 0. The van der Waals surface area contributed by atoms with E-state index in [1.165, 1.54) is 0 Å². The van der Waals surface area contributed by atoms with Crippen LogP contribution in [0.2, 0.25) is 0 Å². The van der Waals surface area contributed by atoms with E-state index in [1.807, 2.05) is 87.1 Å². The minimum absolute atomic E-state index is 0.0637. The van der Waals surface area contributed by atoms with Gasteiger partial charge in [-0.15, -0.1) is 11.3 Å². The van der Waals surface area contributed by atoms with Crippen LogP contribution in [0, 0.1) is 5.92 Å². The molecule has 0 bridgehead atoms. The first-order valence-corrected chi connectivity index (χ1v) is 16.4. The maximum Gasteiger partial charge on any atom is 0.239 e. The average Bonchev–Trinajstić information content (AvgIpc) is 3.60. The Balaban J connectivity index is 1.28. The first kappa shape index (κ1) is 32.2. The molecule has 0 spiro atoms. The molecule has 2 heterocycles. The molecule has 5 rings (SSSR count). The fourth-order valence-corrected chi connectivity index (χ4v) is 6.99. The summed E-state index contributed by atoms with van der Waals surface area (Å²) in [6.45, 7) is 8.84. The lowest BCUT2D eigenvalue weighted by atomic mass is 9.91. The lowest BCUT2D eigenvalue weighted by molar-refractivity contribution is -0.132. The Morgan fingerprint density at radius 1 is 1.09 bits per heavy atom. The zero-order valence-electron chi connectivity index (χ0n) is 25.9. The van der Waals surface area contributed by atoms with Gasteiger partial charge in [-0.25, -0.2) is 0 Å². The maximum absolute atomic E-state index is 13.8. The topological polar surface area (TPSA) is 118 Å². The fourth-order valence-electron chi connectivity index (χ4n) is 6.36. The van der Waals surface area contributed by atoms with Crippen LogP contribution >= 0.6 is 11.3 Å². The van der Waals surface area contributed by atoms with Gasteiger partial charge in [0.1, 0.15) is 6.04 Å². The van der Waals surface area contributed by atoms with Gasteiger partial charge in [-0.2, -0.15) is 0 Å². The third-order valence-electron chi connectivity index (χ3n) is 8.44. The van der Waals surface area contributed by atoms with Crippen molar-refractivity contribution < 1.29 is 19.8 Å². The highest BCUT2D eigenvalue weighted by Gasteiger charge is 2.37. The smallest absolute Gasteiger partial charge is 0.239 e. The molecule has 1 saturated heterocycles. The molecule has 1 aromatic heterocycles. The number of piperazine rings is 1. The Kier molecular flexibility index (Phi) is 10.5. The van der Waals surface area contributed by atoms with Crippen LogP contribution in [-0.2, 0) is 29.0 Å². The lowest BCUT2D eigenvalue weighted by Gasteiger charge is -2.42. The van der Waals surface area contributed by atoms with Gasteiger partial charge >= 0.3 is 0 Å². The number of amides is 2. The molecular formula is C34H45N5O4S. The van der Waals surface area contributed by atoms with Gasteiger partial charge in [0.25, 0.3) is 0 Å². The predicted molar refractivity (Wildman–Crippen MR) is 172 cm³/mol. The normalized spacial score (nSPS) is 22.2. The number of aromatic nitrogens is 1. The molecule has 1 aliphatic heterocycles. The van der Waals surface area contributed by atoms with E-state index < -0.39 is 30.2 Å². The van der Waals surface area contributed by atoms with Gasteiger partial charge in [0.2, 0.25) is 11.8 Å². The molecular weight excluding hydrogens is 574 g/mol. The summed E-state index contributed by atoms with van der Waals surface area (Å²) in [6, 6.07) is 16.7. The molecule has 0 unspecified atom stereocenters. The zero-order chi connectivity index (χ0) is 31.3. The number of carbonyl (C=O) groups excluding carboxylic acids is 2. The van der Waals surface area contributed by atoms with Gasteiger partial charge in [0.15, 0.2) is 0 Å². The minimum atomic E-state index is -0.826. The standard InChI is InChI=1S/C34H45N5O4S/c1-34(2,3)37-33(43)29-21-38(20-27-18-35-22-44-27)13-14-39(29)19-26(40)16-25(15-23-9-5-4-6-10-23)32(42)36-31-28-12-8-7-11-24(28)17-30(31)41/h4-12,18,22,25-26,29-31,40-41H,13-17,19-21H2,1-3H3,(H,36,42)(H,37,43)/t25-,26-,29-,30+,31-/m0/s1. The number of aliphatic hydroxyl groups excluding tert-OH is 2. The summed E-state index contributed by atoms with van der Waals surface area (Å²) >= 11 is 1.60. The SMILES string of the molecule is CC(C)(C)NC(=O)[C@@H]1CN(Cc2cncs2)CCN1C[C@@H](O)C[C@H](Cc1ccccc1)C(=O)N[C@H]1c2ccccc2C[C@H]1O. The number of nitrogens with zero attached hydrogens (tertiary/aromatic N) is 3. The number of hydrogen-bond donors (Lipinski definition) is 4. The largest absolute Gasteiger partial charge is 0.392 e. The maximum atomic E-state index is 13.8. The summed E-state index contributed by atoms with van der Waals surface area (Å²) in [4.78, 5) is 36.9. The molecule has 4 N–H and O–H groups in total. The van der Waals surface area contributed by atoms with Gasteiger partial charge < -0.3 is 20.8 Å². The van der Waals surface area contributed by atoms with E-state index in [1.54, 1.807) is 11.3 Å². The minimum Gasteiger partial charge on any atom is -0.392 e. The summed E-state index contributed by atoms with van der Waals surface area (Å²) in [5.41, 5.74) is 4.42. The van der Waals surface area contributed by atoms with Crippen molar-refractivity contribution in [1.82, 2.24) is 25.4 Å². The van der Waals surface area contributed by atoms with Crippen LogP contribution in [-0.4, -0.2) is 86.8 Å². The van der Waals surface area contributed by atoms with Crippen LogP contribution in [0.15, 0.2) is 66.3 Å². The Hall–Kier alpha value is -3.15. The van der Waals surface area contributed by atoms with Crippen molar-refractivity contribution in [1.29, 1.82) is 0 Å². The van der Waals surface area contributed by atoms with Crippen LogP contribution < -0.4 is 10.6 Å². The van der Waals surface area contributed by atoms with E-state index in [0.29, 0.717) is 25.9 Å². The third-order valence-corrected chi connectivity index (χ3v) is 9.20. The number of rotatable bonds is 11. The summed E-state index contributed by atoms with van der Waals surface area (Å²) in [5.74, 6) is -0.766. The highest BCUT2D eigenvalue weighted by Crippen LogP contribution is 2.32. The molecule has 1 fully saturated rings. The van der Waals surface area contributed by atoms with E-state index in [2.05, 4.69) is 25.4 Å². The lowest BCUT2D eigenvalue weighted by Crippen LogP contribution is -2.61. The summed E-state index contributed by atoms with van der Waals surface area (Å²) in [6.07, 6.45) is 1.55. The van der Waals surface area contributed by atoms with E-state index in [0.717, 1.165) is 34.7 Å². The average molecular weight is 620 g/mol. The highest BCUT2D eigenvalue weighted by atomic mass is 32.1. The number of thiazole rings is 1. The monoisotopic (exact) mass is 619 g/mol. The number of fused-ring (bicyclic) bond motifs is 1. The molecule has 2 aromatic carbocycles. The number of benzene rings is 2. The molecule has 0 radical (unpaired) electrons. The molecule has 5 atom stereocenters. The highest BCUT2D eigenvalue weighted by molar-refractivity contribution is 7.09. The predicted octanol–water partition coefficient (Wildman–Crippen LogP) is 2.93. The second kappa shape index (κ2) is 14.3. The molecule has 2 amide bonds. The van der Waals surface area contributed by atoms with Crippen molar-refractivity contribution >= 4 is 23.2 Å². The molecule has 9 nitrogen and oxygen atoms in total. The van der Waals surface area contributed by atoms with Crippen molar-refractivity contribution in [2.45, 2.75) is 76.4 Å². The van der Waals surface area contributed by atoms with E-state index in [9.17, 15) is 19.8 Å². The summed E-state index contributed by atoms with van der Waals surface area (Å²) in [5, 5.41) is 28.5. The molecule has 10 heteroatoms. The third kappa shape index (κ3) is 8.51. The van der Waals surface area contributed by atoms with Crippen molar-refractivity contribution in [3.63, 3.8) is 0 Å². The second-order valence-corrected chi connectivity index (χ2v) is 14.2. The van der Waals surface area contributed by atoms with Gasteiger partial charge in [-0.1, -0.05) is 54.6 Å². The van der Waals surface area contributed by atoms with Gasteiger partial charge in [-0.05, 0) is 50.3 Å². The molecule has 236 valence electrons. The van der Waals surface area contributed by atoms with E-state index in [4.69, 9.17) is 0 Å². The first-order valence-electron chi connectivity index (χ1n) is 15.5. The molecule has 0 saturated carbocycles. The van der Waals surface area contributed by atoms with Crippen LogP contribution in [0.1, 0.15) is 54.8 Å². The zero-order valence-corrected chi connectivity index (χ0v) is 26.7. The second-order valence-electron chi connectivity index (χ2n) is 13.2.